The molecule has 1 aliphatic rings. The number of nitrogens with zero attached hydrogens (tertiary/aromatic N) is 1. The van der Waals surface area contributed by atoms with Gasteiger partial charge in [-0.1, -0.05) is 23.9 Å². The van der Waals surface area contributed by atoms with Crippen LogP contribution >= 0.6 is 11.8 Å². The maximum atomic E-state index is 13.6. The van der Waals surface area contributed by atoms with E-state index in [0.29, 0.717) is 17.3 Å². The van der Waals surface area contributed by atoms with Gasteiger partial charge in [0.15, 0.2) is 11.6 Å². The Kier molecular flexibility index (Phi) is 5.74. The Bertz CT molecular complexity index is 972. The number of hydrogen-bond acceptors (Lipinski definition) is 4. The van der Waals surface area contributed by atoms with Crippen LogP contribution in [0.3, 0.4) is 0 Å². The fourth-order valence-electron chi connectivity index (χ4n) is 3.03. The Morgan fingerprint density at radius 1 is 1.14 bits per heavy atom. The SMILES string of the molecule is COc1cc(CN2C(=O)NC(C)(c3ccc(F)c(F)c3)C2=O)ccc1SC(F)F. The molecular formula is C19H16F4N2O3S. The highest BCUT2D eigenvalue weighted by Crippen LogP contribution is 2.35. The Morgan fingerprint density at radius 2 is 1.86 bits per heavy atom. The van der Waals surface area contributed by atoms with E-state index in [0.717, 1.165) is 17.0 Å². The average Bonchev–Trinajstić information content (AvgIpc) is 2.88. The van der Waals surface area contributed by atoms with Crippen molar-refractivity contribution in [3.8, 4) is 5.75 Å². The minimum Gasteiger partial charge on any atom is -0.496 e. The average molecular weight is 428 g/mol. The number of imide groups is 1. The van der Waals surface area contributed by atoms with E-state index in [-0.39, 0.29) is 22.8 Å². The van der Waals surface area contributed by atoms with Crippen molar-refractivity contribution in [2.24, 2.45) is 0 Å². The summed E-state index contributed by atoms with van der Waals surface area (Å²) in [6.45, 7) is 1.24. The second-order valence-corrected chi connectivity index (χ2v) is 7.47. The standard InChI is InChI=1S/C19H16F4N2O3S/c1-19(11-4-5-12(20)13(21)8-11)16(26)25(18(27)24-19)9-10-3-6-15(29-17(22)23)14(7-10)28-2/h3-8,17H,9H2,1-2H3,(H,24,27). The fraction of sp³-hybridized carbons (Fsp3) is 0.263. The molecule has 5 nitrogen and oxygen atoms in total. The Balaban J connectivity index is 1.86. The molecule has 0 saturated carbocycles. The van der Waals surface area contributed by atoms with Gasteiger partial charge in [0.1, 0.15) is 11.3 Å². The third-order valence-electron chi connectivity index (χ3n) is 4.56. The summed E-state index contributed by atoms with van der Waals surface area (Å²) in [7, 11) is 1.32. The van der Waals surface area contributed by atoms with E-state index < -0.39 is 34.9 Å². The number of rotatable bonds is 6. The van der Waals surface area contributed by atoms with Crippen LogP contribution in [0.5, 0.6) is 5.75 Å². The predicted molar refractivity (Wildman–Crippen MR) is 97.6 cm³/mol. The van der Waals surface area contributed by atoms with E-state index in [9.17, 15) is 27.2 Å². The van der Waals surface area contributed by atoms with Gasteiger partial charge in [-0.15, -0.1) is 0 Å². The fourth-order valence-corrected chi connectivity index (χ4v) is 3.63. The number of nitrogens with one attached hydrogen (secondary N) is 1. The first-order valence-corrected chi connectivity index (χ1v) is 9.25. The first-order chi connectivity index (χ1) is 13.7. The summed E-state index contributed by atoms with van der Waals surface area (Å²) >= 11 is 0.317. The van der Waals surface area contributed by atoms with E-state index in [1.54, 1.807) is 0 Å². The number of urea groups is 1. The minimum atomic E-state index is -2.63. The van der Waals surface area contributed by atoms with Gasteiger partial charge in [0.05, 0.1) is 18.6 Å². The molecule has 3 amide bonds. The molecule has 154 valence electrons. The number of alkyl halides is 2. The summed E-state index contributed by atoms with van der Waals surface area (Å²) in [6.07, 6.45) is 0. The maximum absolute atomic E-state index is 13.6. The van der Waals surface area contributed by atoms with Crippen molar-refractivity contribution >= 4 is 23.7 Å². The van der Waals surface area contributed by atoms with E-state index in [1.807, 2.05) is 0 Å². The zero-order valence-electron chi connectivity index (χ0n) is 15.3. The van der Waals surface area contributed by atoms with Gasteiger partial charge in [-0.3, -0.25) is 9.69 Å². The number of benzene rings is 2. The number of carbonyl (C=O) groups excluding carboxylic acids is 2. The highest BCUT2D eigenvalue weighted by atomic mass is 32.2. The van der Waals surface area contributed by atoms with Crippen molar-refractivity contribution in [2.45, 2.75) is 29.7 Å². The number of amides is 3. The molecule has 0 bridgehead atoms. The van der Waals surface area contributed by atoms with Crippen molar-refractivity contribution in [3.05, 3.63) is 59.2 Å². The number of methoxy groups -OCH3 is 1. The number of carbonyl (C=O) groups is 2. The molecule has 1 atom stereocenters. The smallest absolute Gasteiger partial charge is 0.325 e. The van der Waals surface area contributed by atoms with Crippen molar-refractivity contribution in [1.82, 2.24) is 10.2 Å². The van der Waals surface area contributed by atoms with E-state index in [1.165, 1.54) is 38.3 Å². The van der Waals surface area contributed by atoms with E-state index in [4.69, 9.17) is 4.74 Å². The quantitative estimate of drug-likeness (QED) is 0.425. The molecule has 1 heterocycles. The summed E-state index contributed by atoms with van der Waals surface area (Å²) in [5.41, 5.74) is -1.00. The van der Waals surface area contributed by atoms with Crippen LogP contribution in [0, 0.1) is 11.6 Å². The van der Waals surface area contributed by atoms with Crippen LogP contribution in [0.15, 0.2) is 41.3 Å². The lowest BCUT2D eigenvalue weighted by Crippen LogP contribution is -2.41. The molecule has 2 aromatic rings. The summed E-state index contributed by atoms with van der Waals surface area (Å²) < 4.78 is 57.2. The Labute approximate surface area is 168 Å². The molecule has 2 aromatic carbocycles. The lowest BCUT2D eigenvalue weighted by molar-refractivity contribution is -0.131. The second-order valence-electron chi connectivity index (χ2n) is 6.44. The summed E-state index contributed by atoms with van der Waals surface area (Å²) in [5.74, 6) is -5.31. The van der Waals surface area contributed by atoms with E-state index >= 15 is 0 Å². The van der Waals surface area contributed by atoms with Gasteiger partial charge >= 0.3 is 6.03 Å². The predicted octanol–water partition coefficient (Wildman–Crippen LogP) is 4.26. The molecule has 0 aliphatic carbocycles. The number of thioether (sulfide) groups is 1. The lowest BCUT2D eigenvalue weighted by atomic mass is 9.92. The molecule has 0 spiro atoms. The van der Waals surface area contributed by atoms with Gasteiger partial charge in [-0.25, -0.2) is 13.6 Å². The largest absolute Gasteiger partial charge is 0.496 e. The van der Waals surface area contributed by atoms with Gasteiger partial charge in [-0.2, -0.15) is 8.78 Å². The summed E-state index contributed by atoms with van der Waals surface area (Å²) in [4.78, 5) is 26.4. The molecular weight excluding hydrogens is 412 g/mol. The molecule has 1 fully saturated rings. The van der Waals surface area contributed by atoms with Crippen molar-refractivity contribution in [2.75, 3.05) is 7.11 Å². The molecule has 1 unspecified atom stereocenters. The first kappa shape index (κ1) is 21.0. The lowest BCUT2D eigenvalue weighted by Gasteiger charge is -2.22. The van der Waals surface area contributed by atoms with Crippen molar-refractivity contribution in [1.29, 1.82) is 0 Å². The van der Waals surface area contributed by atoms with Crippen LogP contribution in [0.1, 0.15) is 18.1 Å². The van der Waals surface area contributed by atoms with Gasteiger partial charge < -0.3 is 10.1 Å². The molecule has 29 heavy (non-hydrogen) atoms. The highest BCUT2D eigenvalue weighted by Gasteiger charge is 2.49. The number of hydrogen-bond donors (Lipinski definition) is 1. The molecule has 10 heteroatoms. The van der Waals surface area contributed by atoms with Gasteiger partial charge in [0, 0.05) is 0 Å². The third-order valence-corrected chi connectivity index (χ3v) is 5.33. The van der Waals surface area contributed by atoms with Crippen LogP contribution < -0.4 is 10.1 Å². The molecule has 0 aromatic heterocycles. The number of ether oxygens (including phenoxy) is 1. The molecule has 1 N–H and O–H groups in total. The zero-order chi connectivity index (χ0) is 21.3. The topological polar surface area (TPSA) is 58.6 Å². The van der Waals surface area contributed by atoms with Gasteiger partial charge in [0.2, 0.25) is 0 Å². The summed E-state index contributed by atoms with van der Waals surface area (Å²) in [5, 5.41) is 2.49. The van der Waals surface area contributed by atoms with Gasteiger partial charge in [0.25, 0.3) is 11.7 Å². The van der Waals surface area contributed by atoms with Crippen molar-refractivity contribution in [3.63, 3.8) is 0 Å². The monoisotopic (exact) mass is 428 g/mol. The first-order valence-electron chi connectivity index (χ1n) is 8.37. The second kappa shape index (κ2) is 7.94. The Morgan fingerprint density at radius 3 is 2.48 bits per heavy atom. The van der Waals surface area contributed by atoms with Crippen LogP contribution in [0.2, 0.25) is 0 Å². The third kappa shape index (κ3) is 4.02. The number of halogens is 4. The Hall–Kier alpha value is -2.75. The van der Waals surface area contributed by atoms with Crippen molar-refractivity contribution < 1.29 is 31.9 Å². The van der Waals surface area contributed by atoms with E-state index in [2.05, 4.69) is 5.32 Å². The van der Waals surface area contributed by atoms with Gasteiger partial charge in [-0.05, 0) is 42.3 Å². The van der Waals surface area contributed by atoms with Crippen LogP contribution in [-0.4, -0.2) is 29.7 Å². The van der Waals surface area contributed by atoms with Crippen LogP contribution in [0.25, 0.3) is 0 Å². The minimum absolute atomic E-state index is 0.0958. The van der Waals surface area contributed by atoms with Crippen LogP contribution in [-0.2, 0) is 16.9 Å². The zero-order valence-corrected chi connectivity index (χ0v) is 16.2. The molecule has 1 aliphatic heterocycles. The maximum Gasteiger partial charge on any atom is 0.325 e. The van der Waals surface area contributed by atoms with Crippen LogP contribution in [0.4, 0.5) is 22.4 Å². The highest BCUT2D eigenvalue weighted by molar-refractivity contribution is 7.99. The molecule has 0 radical (unpaired) electrons. The summed E-state index contributed by atoms with van der Waals surface area (Å²) in [6, 6.07) is 6.61. The molecule has 1 saturated heterocycles. The normalized spacial score (nSPS) is 19.1. The molecule has 3 rings (SSSR count).